The van der Waals surface area contributed by atoms with Gasteiger partial charge in [-0.1, -0.05) is 23.2 Å². The smallest absolute Gasteiger partial charge is 0.246 e. The number of nitrogens with one attached hydrogen (secondary N) is 2. The van der Waals surface area contributed by atoms with Crippen molar-refractivity contribution in [2.24, 2.45) is 0 Å². The van der Waals surface area contributed by atoms with Gasteiger partial charge in [-0.2, -0.15) is 0 Å². The number of carbonyl (C=O) groups excluding carboxylic acids is 1. The van der Waals surface area contributed by atoms with E-state index in [9.17, 15) is 4.79 Å². The topological polar surface area (TPSA) is 59.0 Å². The molecule has 0 saturated heterocycles. The highest BCUT2D eigenvalue weighted by atomic mass is 35.5. The minimum Gasteiger partial charge on any atom is -0.335 e. The molecule has 2 aromatic heterocycles. The Hall–Kier alpha value is -1.60. The van der Waals surface area contributed by atoms with Crippen LogP contribution >= 0.6 is 34.5 Å². The summed E-state index contributed by atoms with van der Waals surface area (Å²) in [4.78, 5) is 17.9. The van der Waals surface area contributed by atoms with Crippen molar-refractivity contribution in [3.63, 3.8) is 0 Å². The van der Waals surface area contributed by atoms with E-state index in [0.717, 1.165) is 47.4 Å². The van der Waals surface area contributed by atoms with Crippen molar-refractivity contribution in [1.29, 1.82) is 0 Å². The Labute approximate surface area is 165 Å². The van der Waals surface area contributed by atoms with Gasteiger partial charge in [0.1, 0.15) is 6.54 Å². The van der Waals surface area contributed by atoms with Crippen molar-refractivity contribution in [2.75, 3.05) is 18.4 Å². The van der Waals surface area contributed by atoms with E-state index in [1.165, 1.54) is 16.9 Å². The maximum absolute atomic E-state index is 12.6. The second kappa shape index (κ2) is 7.19. The van der Waals surface area contributed by atoms with Crippen molar-refractivity contribution in [3.05, 3.63) is 44.5 Å². The van der Waals surface area contributed by atoms with Crippen LogP contribution in [0.2, 0.25) is 10.0 Å². The Morgan fingerprint density at radius 1 is 1.35 bits per heavy atom. The summed E-state index contributed by atoms with van der Waals surface area (Å²) in [6, 6.07) is 3.74. The standard InChI is InChI=1S/C18H18Cl2N4OS/c1-10-8-22-18(26-10)23-15(25)9-24-13-5-7-21-6-4-11(13)16-14(24)3-2-12(19)17(16)20/h2-3,8,21H,4-7,9H2,1H3,(H,22,23,25). The van der Waals surface area contributed by atoms with Crippen LogP contribution in [0.5, 0.6) is 0 Å². The molecule has 4 rings (SSSR count). The Morgan fingerprint density at radius 2 is 2.15 bits per heavy atom. The van der Waals surface area contributed by atoms with E-state index in [2.05, 4.69) is 20.2 Å². The molecule has 0 bridgehead atoms. The zero-order valence-corrected chi connectivity index (χ0v) is 16.6. The van der Waals surface area contributed by atoms with Gasteiger partial charge in [0.15, 0.2) is 5.13 Å². The molecule has 3 aromatic rings. The minimum atomic E-state index is -0.0951. The fourth-order valence-electron chi connectivity index (χ4n) is 3.50. The highest BCUT2D eigenvalue weighted by Gasteiger charge is 2.23. The fourth-order valence-corrected chi connectivity index (χ4v) is 4.61. The van der Waals surface area contributed by atoms with Crippen LogP contribution in [-0.2, 0) is 24.2 Å². The molecule has 0 fully saturated rings. The van der Waals surface area contributed by atoms with Crippen LogP contribution in [0.4, 0.5) is 5.13 Å². The molecule has 0 unspecified atom stereocenters. The van der Waals surface area contributed by atoms with Crippen molar-refractivity contribution in [2.45, 2.75) is 26.3 Å². The highest BCUT2D eigenvalue weighted by molar-refractivity contribution is 7.15. The Bertz CT molecular complexity index is 995. The van der Waals surface area contributed by atoms with Crippen LogP contribution in [0.1, 0.15) is 16.1 Å². The van der Waals surface area contributed by atoms with Gasteiger partial charge in [-0.3, -0.25) is 4.79 Å². The van der Waals surface area contributed by atoms with Crippen LogP contribution in [0.25, 0.3) is 10.9 Å². The van der Waals surface area contributed by atoms with E-state index >= 15 is 0 Å². The summed E-state index contributed by atoms with van der Waals surface area (Å²) in [6.45, 7) is 3.95. The maximum atomic E-state index is 12.6. The van der Waals surface area contributed by atoms with E-state index in [1.54, 1.807) is 12.3 Å². The third-order valence-electron chi connectivity index (χ3n) is 4.60. The molecular weight excluding hydrogens is 391 g/mol. The molecular formula is C18H18Cl2N4OS. The van der Waals surface area contributed by atoms with Crippen molar-refractivity contribution < 1.29 is 4.79 Å². The van der Waals surface area contributed by atoms with Gasteiger partial charge < -0.3 is 15.2 Å². The molecule has 0 radical (unpaired) electrons. The highest BCUT2D eigenvalue weighted by Crippen LogP contribution is 2.37. The van der Waals surface area contributed by atoms with Gasteiger partial charge >= 0.3 is 0 Å². The van der Waals surface area contributed by atoms with Gasteiger partial charge in [0.25, 0.3) is 0 Å². The van der Waals surface area contributed by atoms with Gasteiger partial charge in [0.05, 0.1) is 15.6 Å². The molecule has 1 aliphatic heterocycles. The molecule has 0 saturated carbocycles. The lowest BCUT2D eigenvalue weighted by Gasteiger charge is -2.10. The summed E-state index contributed by atoms with van der Waals surface area (Å²) >= 11 is 14.2. The summed E-state index contributed by atoms with van der Waals surface area (Å²) in [6.07, 6.45) is 3.47. The second-order valence-electron chi connectivity index (χ2n) is 6.34. The number of benzene rings is 1. The third-order valence-corrected chi connectivity index (χ3v) is 6.23. The van der Waals surface area contributed by atoms with Gasteiger partial charge in [0, 0.05) is 35.1 Å². The zero-order valence-electron chi connectivity index (χ0n) is 14.2. The second-order valence-corrected chi connectivity index (χ2v) is 8.36. The Morgan fingerprint density at radius 3 is 2.92 bits per heavy atom. The van der Waals surface area contributed by atoms with Gasteiger partial charge in [-0.25, -0.2) is 4.98 Å². The summed E-state index contributed by atoms with van der Waals surface area (Å²) in [5.74, 6) is -0.0951. The van der Waals surface area contributed by atoms with Crippen LogP contribution in [-0.4, -0.2) is 28.5 Å². The molecule has 0 atom stereocenters. The molecule has 0 spiro atoms. The number of anilines is 1. The monoisotopic (exact) mass is 408 g/mol. The average molecular weight is 409 g/mol. The maximum Gasteiger partial charge on any atom is 0.246 e. The van der Waals surface area contributed by atoms with Crippen LogP contribution in [0, 0.1) is 6.92 Å². The summed E-state index contributed by atoms with van der Waals surface area (Å²) in [7, 11) is 0. The van der Waals surface area contributed by atoms with Crippen LogP contribution < -0.4 is 10.6 Å². The lowest BCUT2D eigenvalue weighted by atomic mass is 10.1. The van der Waals surface area contributed by atoms with Crippen molar-refractivity contribution in [3.8, 4) is 0 Å². The molecule has 5 nitrogen and oxygen atoms in total. The molecule has 0 aliphatic carbocycles. The number of aromatic nitrogens is 2. The molecule has 2 N–H and O–H groups in total. The molecule has 1 aliphatic rings. The predicted molar refractivity (Wildman–Crippen MR) is 108 cm³/mol. The molecule has 3 heterocycles. The minimum absolute atomic E-state index is 0.0951. The SMILES string of the molecule is Cc1cnc(NC(=O)Cn2c3c(c4c(Cl)c(Cl)ccc42)CCNCC3)s1. The summed E-state index contributed by atoms with van der Waals surface area (Å²) in [5, 5.41) is 8.99. The summed E-state index contributed by atoms with van der Waals surface area (Å²) in [5.41, 5.74) is 3.30. The first-order valence-corrected chi connectivity index (χ1v) is 10.0. The quantitative estimate of drug-likeness (QED) is 0.687. The molecule has 136 valence electrons. The number of nitrogens with zero attached hydrogens (tertiary/aromatic N) is 2. The van der Waals surface area contributed by atoms with Crippen LogP contribution in [0.3, 0.4) is 0 Å². The van der Waals surface area contributed by atoms with E-state index in [0.29, 0.717) is 15.2 Å². The number of amides is 1. The first-order valence-electron chi connectivity index (χ1n) is 8.45. The van der Waals surface area contributed by atoms with E-state index in [1.807, 2.05) is 13.0 Å². The molecule has 26 heavy (non-hydrogen) atoms. The number of thiazole rings is 1. The largest absolute Gasteiger partial charge is 0.335 e. The number of hydrogen-bond acceptors (Lipinski definition) is 4. The third kappa shape index (κ3) is 3.22. The van der Waals surface area contributed by atoms with Crippen LogP contribution in [0.15, 0.2) is 18.3 Å². The predicted octanol–water partition coefficient (Wildman–Crippen LogP) is 4.04. The lowest BCUT2D eigenvalue weighted by Crippen LogP contribution is -2.21. The zero-order chi connectivity index (χ0) is 18.3. The van der Waals surface area contributed by atoms with Crippen molar-refractivity contribution >= 4 is 56.5 Å². The van der Waals surface area contributed by atoms with Gasteiger partial charge in [-0.15, -0.1) is 11.3 Å². The van der Waals surface area contributed by atoms with Gasteiger partial charge in [0.2, 0.25) is 5.91 Å². The molecule has 8 heteroatoms. The first-order chi connectivity index (χ1) is 12.5. The fraction of sp³-hybridized carbons (Fsp3) is 0.333. The van der Waals surface area contributed by atoms with Crippen molar-refractivity contribution in [1.82, 2.24) is 14.9 Å². The molecule has 1 amide bonds. The number of rotatable bonds is 3. The van der Waals surface area contributed by atoms with E-state index in [-0.39, 0.29) is 12.5 Å². The van der Waals surface area contributed by atoms with Gasteiger partial charge in [-0.05, 0) is 37.6 Å². The Balaban J connectivity index is 1.75. The number of carbonyl (C=O) groups is 1. The average Bonchev–Trinajstić information content (AvgIpc) is 3.03. The first kappa shape index (κ1) is 17.8. The summed E-state index contributed by atoms with van der Waals surface area (Å²) < 4.78 is 2.07. The normalized spacial score (nSPS) is 14.3. The van der Waals surface area contributed by atoms with E-state index < -0.39 is 0 Å². The number of halogens is 2. The number of fused-ring (bicyclic) bond motifs is 3. The molecule has 1 aromatic carbocycles. The number of aryl methyl sites for hydroxylation is 1. The number of hydrogen-bond donors (Lipinski definition) is 2. The van der Waals surface area contributed by atoms with E-state index in [4.69, 9.17) is 23.2 Å². The lowest BCUT2D eigenvalue weighted by molar-refractivity contribution is -0.116. The Kier molecular flexibility index (Phi) is 4.92.